The molecule has 0 heterocycles. The quantitative estimate of drug-likeness (QED) is 0.173. The van der Waals surface area contributed by atoms with Crippen LogP contribution in [0, 0.1) is 0 Å². The third-order valence-electron chi connectivity index (χ3n) is 2.49. The fraction of sp³-hybridized carbons (Fsp3) is 1.00. The molecule has 1 unspecified atom stereocenters. The predicted octanol–water partition coefficient (Wildman–Crippen LogP) is -2.87. The van der Waals surface area contributed by atoms with Gasteiger partial charge in [0.05, 0.1) is 6.61 Å². The largest absolute Gasteiger partial charge is 0.394 e. The number of hydrogen-bond acceptors (Lipinski definition) is 7. The van der Waals surface area contributed by atoms with Crippen molar-refractivity contribution in [1.82, 2.24) is 5.32 Å². The molecule has 0 aliphatic rings. The Labute approximate surface area is 100 Å². The summed E-state index contributed by atoms with van der Waals surface area (Å²) in [5, 5.41) is 57.9. The Kier molecular flexibility index (Phi) is 8.61. The molecular weight excluding hydrogens is 230 g/mol. The van der Waals surface area contributed by atoms with Crippen molar-refractivity contribution >= 4 is 0 Å². The van der Waals surface area contributed by atoms with Crippen molar-refractivity contribution in [3.8, 4) is 0 Å². The fourth-order valence-corrected chi connectivity index (χ4v) is 1.27. The molecule has 0 radical (unpaired) electrons. The maximum absolute atomic E-state index is 9.49. The zero-order chi connectivity index (χ0) is 13.4. The maximum atomic E-state index is 9.49. The molecule has 17 heavy (non-hydrogen) atoms. The van der Waals surface area contributed by atoms with Gasteiger partial charge in [-0.15, -0.1) is 0 Å². The average Bonchev–Trinajstić information content (AvgIpc) is 2.35. The fourth-order valence-electron chi connectivity index (χ4n) is 1.27. The monoisotopic (exact) mass is 253 g/mol. The van der Waals surface area contributed by atoms with E-state index in [0.29, 0.717) is 6.54 Å². The van der Waals surface area contributed by atoms with E-state index in [4.69, 9.17) is 10.2 Å². The lowest BCUT2D eigenvalue weighted by atomic mass is 10.0. The Morgan fingerprint density at radius 1 is 0.941 bits per heavy atom. The third kappa shape index (κ3) is 5.73. The summed E-state index contributed by atoms with van der Waals surface area (Å²) in [6, 6.07) is 0. The molecule has 5 atom stereocenters. The van der Waals surface area contributed by atoms with Crippen molar-refractivity contribution in [2.45, 2.75) is 50.4 Å². The molecule has 0 amide bonds. The van der Waals surface area contributed by atoms with E-state index in [1.165, 1.54) is 0 Å². The second-order valence-electron chi connectivity index (χ2n) is 3.97. The molecule has 0 bridgehead atoms. The summed E-state index contributed by atoms with van der Waals surface area (Å²) in [6.45, 7) is 1.67. The highest BCUT2D eigenvalue weighted by Crippen LogP contribution is 2.07. The molecule has 0 aromatic rings. The van der Waals surface area contributed by atoms with Crippen LogP contribution >= 0.6 is 0 Å². The zero-order valence-corrected chi connectivity index (χ0v) is 9.90. The minimum atomic E-state index is -1.75. The van der Waals surface area contributed by atoms with Crippen LogP contribution in [0.4, 0.5) is 0 Å². The van der Waals surface area contributed by atoms with Crippen LogP contribution < -0.4 is 5.32 Å². The van der Waals surface area contributed by atoms with Crippen molar-refractivity contribution in [3.05, 3.63) is 0 Å². The normalized spacial score (nSPS) is 20.6. The van der Waals surface area contributed by atoms with Gasteiger partial charge in [-0.05, 0) is 13.0 Å². The van der Waals surface area contributed by atoms with Crippen LogP contribution in [0.1, 0.15) is 19.8 Å². The molecule has 7 nitrogen and oxygen atoms in total. The number of unbranched alkanes of at least 4 members (excludes halogenated alkanes) is 1. The lowest BCUT2D eigenvalue weighted by molar-refractivity contribution is -0.145. The van der Waals surface area contributed by atoms with Gasteiger partial charge in [-0.3, -0.25) is 5.32 Å². The van der Waals surface area contributed by atoms with Crippen LogP contribution in [0.25, 0.3) is 0 Å². The Bertz CT molecular complexity index is 194. The first-order valence-electron chi connectivity index (χ1n) is 5.70. The number of rotatable bonds is 9. The van der Waals surface area contributed by atoms with Crippen LogP contribution in [0.2, 0.25) is 0 Å². The highest BCUT2D eigenvalue weighted by Gasteiger charge is 2.33. The minimum absolute atomic E-state index is 0.458. The second-order valence-corrected chi connectivity index (χ2v) is 3.97. The predicted molar refractivity (Wildman–Crippen MR) is 60.0 cm³/mol. The van der Waals surface area contributed by atoms with E-state index in [1.54, 1.807) is 0 Å². The molecule has 7 N–H and O–H groups in total. The Hall–Kier alpha value is -0.280. The summed E-state index contributed by atoms with van der Waals surface area (Å²) in [4.78, 5) is 0. The van der Waals surface area contributed by atoms with Gasteiger partial charge in [0.1, 0.15) is 30.6 Å². The molecule has 0 aromatic carbocycles. The number of nitrogens with one attached hydrogen (secondary N) is 1. The number of aliphatic hydroxyl groups excluding tert-OH is 6. The van der Waals surface area contributed by atoms with Gasteiger partial charge in [0.2, 0.25) is 0 Å². The van der Waals surface area contributed by atoms with Gasteiger partial charge in [0, 0.05) is 0 Å². The summed E-state index contributed by atoms with van der Waals surface area (Å²) < 4.78 is 0. The van der Waals surface area contributed by atoms with Crippen LogP contribution in [0.5, 0.6) is 0 Å². The van der Waals surface area contributed by atoms with Gasteiger partial charge in [-0.1, -0.05) is 13.3 Å². The molecular formula is C10H23NO6. The van der Waals surface area contributed by atoms with Gasteiger partial charge in [-0.2, -0.15) is 0 Å². The van der Waals surface area contributed by atoms with Crippen LogP contribution in [0.15, 0.2) is 0 Å². The highest BCUT2D eigenvalue weighted by atomic mass is 16.4. The van der Waals surface area contributed by atoms with Crippen molar-refractivity contribution in [1.29, 1.82) is 0 Å². The first kappa shape index (κ1) is 16.7. The molecule has 0 aliphatic carbocycles. The molecule has 0 aliphatic heterocycles. The highest BCUT2D eigenvalue weighted by molar-refractivity contribution is 4.83. The third-order valence-corrected chi connectivity index (χ3v) is 2.49. The van der Waals surface area contributed by atoms with Crippen molar-refractivity contribution in [2.75, 3.05) is 13.2 Å². The van der Waals surface area contributed by atoms with Crippen molar-refractivity contribution < 1.29 is 30.6 Å². The van der Waals surface area contributed by atoms with Crippen LogP contribution in [-0.2, 0) is 0 Å². The zero-order valence-electron chi connectivity index (χ0n) is 9.90. The van der Waals surface area contributed by atoms with E-state index in [2.05, 4.69) is 5.32 Å². The van der Waals surface area contributed by atoms with E-state index in [-0.39, 0.29) is 0 Å². The maximum Gasteiger partial charge on any atom is 0.133 e. The molecule has 0 saturated carbocycles. The topological polar surface area (TPSA) is 133 Å². The van der Waals surface area contributed by atoms with Crippen molar-refractivity contribution in [2.24, 2.45) is 0 Å². The Balaban J connectivity index is 4.13. The minimum Gasteiger partial charge on any atom is -0.394 e. The summed E-state index contributed by atoms with van der Waals surface area (Å²) >= 11 is 0. The van der Waals surface area contributed by atoms with E-state index in [9.17, 15) is 20.4 Å². The van der Waals surface area contributed by atoms with E-state index >= 15 is 0 Å². The molecule has 0 aromatic heterocycles. The van der Waals surface area contributed by atoms with E-state index in [1.807, 2.05) is 6.92 Å². The number of hydrogen-bond donors (Lipinski definition) is 7. The van der Waals surface area contributed by atoms with Gasteiger partial charge < -0.3 is 30.6 Å². The summed E-state index contributed by atoms with van der Waals surface area (Å²) in [7, 11) is 0. The van der Waals surface area contributed by atoms with Crippen molar-refractivity contribution in [3.63, 3.8) is 0 Å². The Morgan fingerprint density at radius 3 is 2.00 bits per heavy atom. The van der Waals surface area contributed by atoms with Gasteiger partial charge in [0.15, 0.2) is 0 Å². The number of aliphatic hydroxyl groups is 6. The summed E-state index contributed by atoms with van der Waals surface area (Å²) in [5.41, 5.74) is 0. The average molecular weight is 253 g/mol. The summed E-state index contributed by atoms with van der Waals surface area (Å²) in [5.74, 6) is 0. The first-order chi connectivity index (χ1) is 7.95. The first-order valence-corrected chi connectivity index (χ1v) is 5.70. The summed E-state index contributed by atoms with van der Waals surface area (Å²) in [6.07, 6.45) is -6.40. The van der Waals surface area contributed by atoms with Gasteiger partial charge >= 0.3 is 0 Å². The van der Waals surface area contributed by atoms with E-state index < -0.39 is 37.3 Å². The SMILES string of the molecule is CCCCNC(O)[C@H](O)[C@@H](O)[C@H](O)[C@H](O)CO. The molecule has 0 saturated heterocycles. The molecule has 7 heteroatoms. The van der Waals surface area contributed by atoms with Gasteiger partial charge in [0.25, 0.3) is 0 Å². The molecule has 104 valence electrons. The Morgan fingerprint density at radius 2 is 1.53 bits per heavy atom. The van der Waals surface area contributed by atoms with E-state index in [0.717, 1.165) is 12.8 Å². The standard InChI is InChI=1S/C10H23NO6/c1-2-3-4-11-10(17)9(16)8(15)7(14)6(13)5-12/h6-17H,2-5H2,1H3/t6-,7-,8+,9-,10?/m1/s1. The molecule has 0 rings (SSSR count). The van der Waals surface area contributed by atoms with Crippen LogP contribution in [-0.4, -0.2) is 74.4 Å². The van der Waals surface area contributed by atoms with Gasteiger partial charge in [-0.25, -0.2) is 0 Å². The second kappa shape index (κ2) is 8.76. The lowest BCUT2D eigenvalue weighted by Gasteiger charge is -2.28. The van der Waals surface area contributed by atoms with Crippen LogP contribution in [0.3, 0.4) is 0 Å². The molecule has 0 fully saturated rings. The molecule has 0 spiro atoms. The smallest absolute Gasteiger partial charge is 0.133 e. The lowest BCUT2D eigenvalue weighted by Crippen LogP contribution is -2.53.